The number of amides is 1. The molecule has 2 unspecified atom stereocenters. The summed E-state index contributed by atoms with van der Waals surface area (Å²) >= 11 is 5.96. The van der Waals surface area contributed by atoms with Crippen LogP contribution >= 0.6 is 11.6 Å². The van der Waals surface area contributed by atoms with Gasteiger partial charge in [0.15, 0.2) is 0 Å². The van der Waals surface area contributed by atoms with Gasteiger partial charge < -0.3 is 10.0 Å². The Labute approximate surface area is 145 Å². The first-order chi connectivity index (χ1) is 11.5. The molecule has 1 N–H and O–H groups in total. The molecule has 0 bridgehead atoms. The quantitative estimate of drug-likeness (QED) is 0.908. The Hall–Kier alpha value is -2.33. The van der Waals surface area contributed by atoms with E-state index in [9.17, 15) is 14.7 Å². The Morgan fingerprint density at radius 3 is 2.46 bits per heavy atom. The third kappa shape index (κ3) is 2.78. The van der Waals surface area contributed by atoms with Crippen molar-refractivity contribution in [3.63, 3.8) is 0 Å². The summed E-state index contributed by atoms with van der Waals surface area (Å²) in [5.74, 6) is -1.85. The molecule has 0 aromatic heterocycles. The summed E-state index contributed by atoms with van der Waals surface area (Å²) in [6, 6.07) is 13.5. The van der Waals surface area contributed by atoms with Gasteiger partial charge in [-0.3, -0.25) is 9.59 Å². The van der Waals surface area contributed by atoms with Crippen molar-refractivity contribution >= 4 is 23.5 Å². The minimum absolute atomic E-state index is 0.120. The zero-order valence-electron chi connectivity index (χ0n) is 13.3. The van der Waals surface area contributed by atoms with Gasteiger partial charge in [0.25, 0.3) is 5.91 Å². The fourth-order valence-corrected chi connectivity index (χ4v) is 3.50. The molecule has 0 radical (unpaired) electrons. The van der Waals surface area contributed by atoms with Crippen LogP contribution in [-0.4, -0.2) is 28.4 Å². The average molecular weight is 344 g/mol. The lowest BCUT2D eigenvalue weighted by Gasteiger charge is -2.40. The Bertz CT molecular complexity index is 772. The molecule has 1 heterocycles. The Morgan fingerprint density at radius 1 is 1.17 bits per heavy atom. The lowest BCUT2D eigenvalue weighted by molar-refractivity contribution is -0.140. The number of hydrogen-bond donors (Lipinski definition) is 1. The Balaban J connectivity index is 2.19. The monoisotopic (exact) mass is 343 g/mol. The van der Waals surface area contributed by atoms with Gasteiger partial charge in [0, 0.05) is 17.1 Å². The second-order valence-electron chi connectivity index (χ2n) is 5.90. The van der Waals surface area contributed by atoms with Crippen molar-refractivity contribution in [2.24, 2.45) is 0 Å². The fraction of sp³-hybridized carbons (Fsp3) is 0.263. The van der Waals surface area contributed by atoms with E-state index < -0.39 is 17.9 Å². The molecule has 124 valence electrons. The van der Waals surface area contributed by atoms with Crippen LogP contribution in [0.4, 0.5) is 0 Å². The number of halogens is 1. The van der Waals surface area contributed by atoms with Crippen LogP contribution < -0.4 is 0 Å². The number of carbonyl (C=O) groups is 2. The number of nitrogens with zero attached hydrogens (tertiary/aromatic N) is 1. The maximum absolute atomic E-state index is 12.9. The molecule has 0 saturated carbocycles. The molecule has 24 heavy (non-hydrogen) atoms. The number of carboxylic acid groups (broad SMARTS) is 1. The fourth-order valence-electron chi connectivity index (χ4n) is 3.38. The first-order valence-corrected chi connectivity index (χ1v) is 8.30. The maximum Gasteiger partial charge on any atom is 0.313 e. The second kappa shape index (κ2) is 6.65. The molecule has 1 aliphatic heterocycles. The van der Waals surface area contributed by atoms with Gasteiger partial charge in [-0.15, -0.1) is 0 Å². The molecule has 5 heteroatoms. The first kappa shape index (κ1) is 16.5. The van der Waals surface area contributed by atoms with Gasteiger partial charge in [0.05, 0.1) is 6.04 Å². The smallest absolute Gasteiger partial charge is 0.313 e. The molecule has 0 spiro atoms. The van der Waals surface area contributed by atoms with E-state index in [0.717, 1.165) is 12.0 Å². The SMILES string of the molecule is CCCN1C(=O)c2ccccc2C(C(=O)O)C1c1ccc(Cl)cc1. The van der Waals surface area contributed by atoms with E-state index in [4.69, 9.17) is 11.6 Å². The van der Waals surface area contributed by atoms with Crippen LogP contribution in [0.25, 0.3) is 0 Å². The number of carboxylic acids is 1. The molecule has 0 aliphatic carbocycles. The van der Waals surface area contributed by atoms with E-state index in [0.29, 0.717) is 22.7 Å². The molecular weight excluding hydrogens is 326 g/mol. The molecule has 2 aromatic carbocycles. The molecule has 2 atom stereocenters. The number of benzene rings is 2. The number of aliphatic carboxylic acids is 1. The largest absolute Gasteiger partial charge is 0.481 e. The summed E-state index contributed by atoms with van der Waals surface area (Å²) in [6.45, 7) is 2.48. The van der Waals surface area contributed by atoms with Crippen LogP contribution in [0, 0.1) is 0 Å². The Morgan fingerprint density at radius 2 is 1.83 bits per heavy atom. The van der Waals surface area contributed by atoms with Crippen LogP contribution in [0.3, 0.4) is 0 Å². The van der Waals surface area contributed by atoms with Crippen LogP contribution in [0.15, 0.2) is 48.5 Å². The van der Waals surface area contributed by atoms with E-state index in [1.54, 1.807) is 53.4 Å². The highest BCUT2D eigenvalue weighted by Gasteiger charge is 2.43. The summed E-state index contributed by atoms with van der Waals surface area (Å²) in [4.78, 5) is 26.7. The highest BCUT2D eigenvalue weighted by Crippen LogP contribution is 2.43. The molecule has 2 aromatic rings. The van der Waals surface area contributed by atoms with Crippen LogP contribution in [0.2, 0.25) is 5.02 Å². The second-order valence-corrected chi connectivity index (χ2v) is 6.33. The molecule has 4 nitrogen and oxygen atoms in total. The van der Waals surface area contributed by atoms with Crippen LogP contribution in [0.5, 0.6) is 0 Å². The Kier molecular flexibility index (Phi) is 4.58. The highest BCUT2D eigenvalue weighted by molar-refractivity contribution is 6.30. The molecule has 1 aliphatic rings. The molecule has 0 saturated heterocycles. The van der Waals surface area contributed by atoms with Crippen molar-refractivity contribution in [3.8, 4) is 0 Å². The van der Waals surface area contributed by atoms with Gasteiger partial charge in [0.2, 0.25) is 0 Å². The molecular formula is C19H18ClNO3. The standard InChI is InChI=1S/C19H18ClNO3/c1-2-11-21-17(12-7-9-13(20)10-8-12)16(19(23)24)14-5-3-4-6-15(14)18(21)22/h3-10,16-17H,2,11H2,1H3,(H,23,24). The van der Waals surface area contributed by atoms with Crippen molar-refractivity contribution in [1.82, 2.24) is 4.90 Å². The molecule has 1 amide bonds. The highest BCUT2D eigenvalue weighted by atomic mass is 35.5. The summed E-state index contributed by atoms with van der Waals surface area (Å²) in [6.07, 6.45) is 0.754. The lowest BCUT2D eigenvalue weighted by Crippen LogP contribution is -2.45. The van der Waals surface area contributed by atoms with Crippen LogP contribution in [-0.2, 0) is 4.79 Å². The zero-order valence-corrected chi connectivity index (χ0v) is 14.0. The third-order valence-electron chi connectivity index (χ3n) is 4.38. The summed E-state index contributed by atoms with van der Waals surface area (Å²) in [7, 11) is 0. The summed E-state index contributed by atoms with van der Waals surface area (Å²) in [5.41, 5.74) is 1.83. The van der Waals surface area contributed by atoms with Crippen LogP contribution in [0.1, 0.15) is 46.8 Å². The number of fused-ring (bicyclic) bond motifs is 1. The lowest BCUT2D eigenvalue weighted by atomic mass is 9.79. The average Bonchev–Trinajstić information content (AvgIpc) is 2.58. The minimum atomic E-state index is -0.934. The number of rotatable bonds is 4. The van der Waals surface area contributed by atoms with Gasteiger partial charge in [-0.2, -0.15) is 0 Å². The van der Waals surface area contributed by atoms with Gasteiger partial charge in [0.1, 0.15) is 5.92 Å². The number of hydrogen-bond acceptors (Lipinski definition) is 2. The van der Waals surface area contributed by atoms with Crippen molar-refractivity contribution in [1.29, 1.82) is 0 Å². The van der Waals surface area contributed by atoms with Gasteiger partial charge in [-0.05, 0) is 35.7 Å². The van der Waals surface area contributed by atoms with E-state index >= 15 is 0 Å². The predicted molar refractivity (Wildman–Crippen MR) is 92.3 cm³/mol. The third-order valence-corrected chi connectivity index (χ3v) is 4.63. The topological polar surface area (TPSA) is 57.6 Å². The first-order valence-electron chi connectivity index (χ1n) is 7.92. The van der Waals surface area contributed by atoms with Gasteiger partial charge in [-0.25, -0.2) is 0 Å². The van der Waals surface area contributed by atoms with Gasteiger partial charge >= 0.3 is 5.97 Å². The van der Waals surface area contributed by atoms with E-state index in [1.165, 1.54) is 0 Å². The van der Waals surface area contributed by atoms with Crippen molar-refractivity contribution in [2.75, 3.05) is 6.54 Å². The zero-order chi connectivity index (χ0) is 17.3. The minimum Gasteiger partial charge on any atom is -0.481 e. The molecule has 0 fully saturated rings. The van der Waals surface area contributed by atoms with E-state index in [2.05, 4.69) is 0 Å². The molecule has 3 rings (SSSR count). The van der Waals surface area contributed by atoms with E-state index in [1.807, 2.05) is 6.92 Å². The maximum atomic E-state index is 12.9. The number of carbonyl (C=O) groups excluding carboxylic acids is 1. The van der Waals surface area contributed by atoms with Crippen molar-refractivity contribution in [3.05, 3.63) is 70.2 Å². The normalized spacial score (nSPS) is 19.9. The summed E-state index contributed by atoms with van der Waals surface area (Å²) < 4.78 is 0. The predicted octanol–water partition coefficient (Wildman–Crippen LogP) is 4.12. The van der Waals surface area contributed by atoms with Crippen molar-refractivity contribution in [2.45, 2.75) is 25.3 Å². The van der Waals surface area contributed by atoms with Crippen molar-refractivity contribution < 1.29 is 14.7 Å². The summed E-state index contributed by atoms with van der Waals surface area (Å²) in [5, 5.41) is 10.5. The van der Waals surface area contributed by atoms with E-state index in [-0.39, 0.29) is 5.91 Å². The van der Waals surface area contributed by atoms with Gasteiger partial charge in [-0.1, -0.05) is 48.9 Å².